The number of aliphatic hydroxyl groups is 1. The van der Waals surface area contributed by atoms with E-state index in [1.54, 1.807) is 0 Å². The second-order valence-corrected chi connectivity index (χ2v) is 5.95. The standard InChI is InChI=1S/C14H5F13O3/c15-9(16,8(29)6-4-2-1-3-5(6)7(28)30-8)10(17,18)11(19,20)12(21,22)13(23,24)14(25,26)27/h1-4,29H. The predicted octanol–water partition coefficient (Wildman–Crippen LogP) is 4.74. The molecule has 0 bridgehead atoms. The maximum absolute atomic E-state index is 14.2. The quantitative estimate of drug-likeness (QED) is 0.502. The number of carbonyl (C=O) groups is 1. The van der Waals surface area contributed by atoms with E-state index in [4.69, 9.17) is 0 Å². The van der Waals surface area contributed by atoms with E-state index in [-0.39, 0.29) is 6.07 Å². The van der Waals surface area contributed by atoms with Crippen LogP contribution in [0.4, 0.5) is 57.1 Å². The molecule has 16 heteroatoms. The summed E-state index contributed by atoms with van der Waals surface area (Å²) >= 11 is 0. The van der Waals surface area contributed by atoms with E-state index in [1.807, 2.05) is 0 Å². The van der Waals surface area contributed by atoms with Crippen LogP contribution in [0, 0.1) is 0 Å². The van der Waals surface area contributed by atoms with E-state index >= 15 is 0 Å². The molecule has 1 aromatic rings. The number of cyclic esters (lactones) is 1. The topological polar surface area (TPSA) is 46.5 Å². The Bertz CT molecular complexity index is 861. The van der Waals surface area contributed by atoms with E-state index in [0.29, 0.717) is 12.1 Å². The molecule has 1 aromatic carbocycles. The average molecular weight is 468 g/mol. The maximum Gasteiger partial charge on any atom is 0.460 e. The second kappa shape index (κ2) is 6.13. The maximum atomic E-state index is 14.2. The van der Waals surface area contributed by atoms with Gasteiger partial charge >= 0.3 is 47.5 Å². The second-order valence-electron chi connectivity index (χ2n) is 5.95. The van der Waals surface area contributed by atoms with Crippen molar-refractivity contribution in [2.75, 3.05) is 0 Å². The molecular weight excluding hydrogens is 463 g/mol. The minimum Gasteiger partial charge on any atom is -0.418 e. The Hall–Kier alpha value is -2.26. The summed E-state index contributed by atoms with van der Waals surface area (Å²) in [5.41, 5.74) is -2.77. The van der Waals surface area contributed by atoms with Crippen LogP contribution in [-0.4, -0.2) is 46.9 Å². The first-order valence-corrected chi connectivity index (χ1v) is 7.12. The molecule has 0 aromatic heterocycles. The zero-order valence-electron chi connectivity index (χ0n) is 13.5. The highest BCUT2D eigenvalue weighted by atomic mass is 19.4. The first kappa shape index (κ1) is 24.0. The van der Waals surface area contributed by atoms with Crippen LogP contribution in [0.2, 0.25) is 0 Å². The van der Waals surface area contributed by atoms with Crippen molar-refractivity contribution in [3.8, 4) is 0 Å². The lowest BCUT2D eigenvalue weighted by molar-refractivity contribution is -0.462. The summed E-state index contributed by atoms with van der Waals surface area (Å²) in [6, 6.07) is 2.35. The van der Waals surface area contributed by atoms with Crippen LogP contribution in [0.5, 0.6) is 0 Å². The lowest BCUT2D eigenvalue weighted by Crippen LogP contribution is -2.73. The molecule has 1 N–H and O–H groups in total. The first-order chi connectivity index (χ1) is 13.1. The Labute approximate surface area is 156 Å². The van der Waals surface area contributed by atoms with Crippen molar-refractivity contribution in [2.45, 2.75) is 41.6 Å². The van der Waals surface area contributed by atoms with Gasteiger partial charge in [-0.1, -0.05) is 18.2 Å². The van der Waals surface area contributed by atoms with Gasteiger partial charge in [0.25, 0.3) is 0 Å². The Morgan fingerprint density at radius 1 is 0.700 bits per heavy atom. The summed E-state index contributed by atoms with van der Waals surface area (Å²) in [7, 11) is 0. The summed E-state index contributed by atoms with van der Waals surface area (Å²) in [5.74, 6) is -46.2. The molecule has 1 aliphatic rings. The highest BCUT2D eigenvalue weighted by molar-refractivity contribution is 5.94. The summed E-state index contributed by atoms with van der Waals surface area (Å²) in [5, 5.41) is 9.71. The summed E-state index contributed by atoms with van der Waals surface area (Å²) in [4.78, 5) is 11.4. The summed E-state index contributed by atoms with van der Waals surface area (Å²) < 4.78 is 175. The minimum atomic E-state index is -8.14. The number of benzene rings is 1. The summed E-state index contributed by atoms with van der Waals surface area (Å²) in [6.07, 6.45) is -7.56. The monoisotopic (exact) mass is 468 g/mol. The van der Waals surface area contributed by atoms with Crippen molar-refractivity contribution < 1.29 is 71.7 Å². The lowest BCUT2D eigenvalue weighted by Gasteiger charge is -2.42. The van der Waals surface area contributed by atoms with Gasteiger partial charge in [-0.25, -0.2) is 4.79 Å². The van der Waals surface area contributed by atoms with Crippen molar-refractivity contribution in [3.63, 3.8) is 0 Å². The van der Waals surface area contributed by atoms with Crippen LogP contribution in [0.1, 0.15) is 15.9 Å². The van der Waals surface area contributed by atoms with Gasteiger partial charge in [0.1, 0.15) is 0 Å². The van der Waals surface area contributed by atoms with Crippen molar-refractivity contribution >= 4 is 5.97 Å². The third kappa shape index (κ3) is 2.61. The Morgan fingerprint density at radius 2 is 1.13 bits per heavy atom. The molecule has 1 heterocycles. The summed E-state index contributed by atoms with van der Waals surface area (Å²) in [6.45, 7) is 0. The van der Waals surface area contributed by atoms with Crippen molar-refractivity contribution in [3.05, 3.63) is 35.4 Å². The van der Waals surface area contributed by atoms with Gasteiger partial charge in [-0.15, -0.1) is 0 Å². The zero-order chi connectivity index (χ0) is 23.8. The van der Waals surface area contributed by atoms with Crippen LogP contribution in [0.15, 0.2) is 24.3 Å². The van der Waals surface area contributed by atoms with Gasteiger partial charge in [-0.05, 0) is 6.07 Å². The number of hydrogen-bond acceptors (Lipinski definition) is 3. The number of hydrogen-bond donors (Lipinski definition) is 1. The number of alkyl halides is 13. The van der Waals surface area contributed by atoms with Gasteiger partial charge in [0.05, 0.1) is 5.56 Å². The third-order valence-corrected chi connectivity index (χ3v) is 4.11. The van der Waals surface area contributed by atoms with Gasteiger partial charge in [-0.3, -0.25) is 0 Å². The number of esters is 1. The van der Waals surface area contributed by atoms with Crippen LogP contribution < -0.4 is 0 Å². The van der Waals surface area contributed by atoms with Crippen LogP contribution in [0.3, 0.4) is 0 Å². The Balaban J connectivity index is 2.68. The van der Waals surface area contributed by atoms with Crippen molar-refractivity contribution in [1.29, 1.82) is 0 Å². The third-order valence-electron chi connectivity index (χ3n) is 4.11. The van der Waals surface area contributed by atoms with E-state index in [2.05, 4.69) is 4.74 Å². The van der Waals surface area contributed by atoms with E-state index < -0.39 is 58.7 Å². The van der Waals surface area contributed by atoms with E-state index in [9.17, 15) is 67.0 Å². The molecule has 0 saturated carbocycles. The molecule has 1 aliphatic heterocycles. The first-order valence-electron chi connectivity index (χ1n) is 7.12. The minimum absolute atomic E-state index is 0.241. The molecular formula is C14H5F13O3. The highest BCUT2D eigenvalue weighted by Gasteiger charge is 2.93. The predicted molar refractivity (Wildman–Crippen MR) is 66.5 cm³/mol. The Morgan fingerprint density at radius 3 is 1.60 bits per heavy atom. The molecule has 0 radical (unpaired) electrons. The fourth-order valence-corrected chi connectivity index (χ4v) is 2.42. The van der Waals surface area contributed by atoms with E-state index in [0.717, 1.165) is 6.07 Å². The van der Waals surface area contributed by atoms with Crippen molar-refractivity contribution in [1.82, 2.24) is 0 Å². The molecule has 30 heavy (non-hydrogen) atoms. The molecule has 0 saturated heterocycles. The molecule has 1 atom stereocenters. The van der Waals surface area contributed by atoms with Crippen LogP contribution in [-0.2, 0) is 10.5 Å². The Kier molecular flexibility index (Phi) is 4.91. The largest absolute Gasteiger partial charge is 0.460 e. The molecule has 2 rings (SSSR count). The number of carbonyl (C=O) groups excluding carboxylic acids is 1. The molecule has 0 spiro atoms. The van der Waals surface area contributed by atoms with Gasteiger partial charge in [0, 0.05) is 5.56 Å². The van der Waals surface area contributed by atoms with E-state index in [1.165, 1.54) is 0 Å². The zero-order valence-corrected chi connectivity index (χ0v) is 13.5. The van der Waals surface area contributed by atoms with Crippen molar-refractivity contribution in [2.24, 2.45) is 0 Å². The molecule has 170 valence electrons. The van der Waals surface area contributed by atoms with Crippen LogP contribution in [0.25, 0.3) is 0 Å². The molecule has 0 fully saturated rings. The molecule has 0 aliphatic carbocycles. The van der Waals surface area contributed by atoms with Gasteiger partial charge in [0.15, 0.2) is 0 Å². The molecule has 3 nitrogen and oxygen atoms in total. The smallest absolute Gasteiger partial charge is 0.418 e. The fourth-order valence-electron chi connectivity index (χ4n) is 2.42. The van der Waals surface area contributed by atoms with Gasteiger partial charge < -0.3 is 9.84 Å². The molecule has 1 unspecified atom stereocenters. The number of rotatable bonds is 5. The fraction of sp³-hybridized carbons (Fsp3) is 0.500. The number of halogens is 13. The average Bonchev–Trinajstić information content (AvgIpc) is 2.86. The molecule has 0 amide bonds. The number of fused-ring (bicyclic) bond motifs is 1. The van der Waals surface area contributed by atoms with Crippen LogP contribution >= 0.6 is 0 Å². The lowest BCUT2D eigenvalue weighted by atomic mass is 9.87. The normalized spacial score (nSPS) is 21.5. The highest BCUT2D eigenvalue weighted by Crippen LogP contribution is 2.63. The SMILES string of the molecule is O=C1OC(O)(C(F)(F)C(F)(F)C(F)(F)C(F)(F)C(F)(F)C(F)(F)F)c2ccccc21. The van der Waals surface area contributed by atoms with Gasteiger partial charge in [0.2, 0.25) is 0 Å². The number of ether oxygens (including phenoxy) is 1. The van der Waals surface area contributed by atoms with Gasteiger partial charge in [-0.2, -0.15) is 57.1 Å².